The second kappa shape index (κ2) is 3.01. The predicted molar refractivity (Wildman–Crippen MR) is 38.6 cm³/mol. The summed E-state index contributed by atoms with van der Waals surface area (Å²) >= 11 is 0. The third kappa shape index (κ3) is 1.70. The van der Waals surface area contributed by atoms with Crippen LogP contribution in [0.5, 0.6) is 0 Å². The van der Waals surface area contributed by atoms with Crippen LogP contribution < -0.4 is 10.2 Å². The second-order valence-corrected chi connectivity index (χ2v) is 3.09. The van der Waals surface area contributed by atoms with Gasteiger partial charge in [0, 0.05) is 0 Å². The molecule has 0 bridgehead atoms. The highest BCUT2D eigenvalue weighted by atomic mass is 16.1. The zero-order valence-corrected chi connectivity index (χ0v) is 6.61. The lowest BCUT2D eigenvalue weighted by Crippen LogP contribution is -3.17. The summed E-state index contributed by atoms with van der Waals surface area (Å²) in [7, 11) is 0. The van der Waals surface area contributed by atoms with E-state index in [-0.39, 0.29) is 5.91 Å². The average Bonchev–Trinajstić information content (AvgIpc) is 1.88. The first-order valence-corrected chi connectivity index (χ1v) is 3.81. The Labute approximate surface area is 61.4 Å². The van der Waals surface area contributed by atoms with Gasteiger partial charge in [0.15, 0.2) is 6.67 Å². The standard InChI is InChI=1S/C7H14N2O/c1-6(2)9-4-3-7(10)8-5-9/h6H,3-5H2,1-2H3,(H,8,10)/p+1. The van der Waals surface area contributed by atoms with Gasteiger partial charge in [-0.05, 0) is 13.8 Å². The van der Waals surface area contributed by atoms with E-state index < -0.39 is 0 Å². The molecule has 1 unspecified atom stereocenters. The van der Waals surface area contributed by atoms with Gasteiger partial charge >= 0.3 is 0 Å². The first kappa shape index (κ1) is 7.54. The van der Waals surface area contributed by atoms with Gasteiger partial charge in [-0.25, -0.2) is 0 Å². The number of hydrogen-bond donors (Lipinski definition) is 2. The van der Waals surface area contributed by atoms with Crippen LogP contribution in [0, 0.1) is 0 Å². The van der Waals surface area contributed by atoms with Crippen molar-refractivity contribution in [1.82, 2.24) is 5.32 Å². The van der Waals surface area contributed by atoms with Crippen molar-refractivity contribution in [2.24, 2.45) is 0 Å². The van der Waals surface area contributed by atoms with Gasteiger partial charge in [0.1, 0.15) is 0 Å². The topological polar surface area (TPSA) is 33.5 Å². The van der Waals surface area contributed by atoms with Crippen LogP contribution in [0.25, 0.3) is 0 Å². The van der Waals surface area contributed by atoms with Crippen molar-refractivity contribution in [3.63, 3.8) is 0 Å². The minimum atomic E-state index is 0.199. The van der Waals surface area contributed by atoms with Crippen LogP contribution >= 0.6 is 0 Å². The number of quaternary nitrogens is 1. The van der Waals surface area contributed by atoms with Crippen molar-refractivity contribution >= 4 is 5.91 Å². The Hall–Kier alpha value is -0.570. The fourth-order valence-electron chi connectivity index (χ4n) is 1.16. The van der Waals surface area contributed by atoms with E-state index in [1.165, 1.54) is 4.90 Å². The average molecular weight is 143 g/mol. The third-order valence-electron chi connectivity index (χ3n) is 2.00. The minimum absolute atomic E-state index is 0.199. The second-order valence-electron chi connectivity index (χ2n) is 3.09. The predicted octanol–water partition coefficient (Wildman–Crippen LogP) is -1.24. The number of carbonyl (C=O) groups excluding carboxylic acids is 1. The molecule has 0 aromatic rings. The first-order chi connectivity index (χ1) is 4.70. The van der Waals surface area contributed by atoms with E-state index in [4.69, 9.17) is 0 Å². The van der Waals surface area contributed by atoms with E-state index in [1.54, 1.807) is 0 Å². The Balaban J connectivity index is 2.33. The highest BCUT2D eigenvalue weighted by molar-refractivity contribution is 5.76. The van der Waals surface area contributed by atoms with Gasteiger partial charge in [-0.3, -0.25) is 4.79 Å². The monoisotopic (exact) mass is 143 g/mol. The molecular formula is C7H15N2O+. The van der Waals surface area contributed by atoms with Crippen LogP contribution in [0.2, 0.25) is 0 Å². The Bertz CT molecular complexity index is 124. The molecule has 3 nitrogen and oxygen atoms in total. The quantitative estimate of drug-likeness (QED) is 0.473. The molecule has 0 saturated carbocycles. The molecule has 1 aliphatic rings. The van der Waals surface area contributed by atoms with Crippen LogP contribution in [-0.4, -0.2) is 25.2 Å². The van der Waals surface area contributed by atoms with Crippen LogP contribution in [0.3, 0.4) is 0 Å². The molecule has 0 aromatic heterocycles. The lowest BCUT2D eigenvalue weighted by atomic mass is 10.2. The lowest BCUT2D eigenvalue weighted by molar-refractivity contribution is -0.925. The van der Waals surface area contributed by atoms with E-state index in [9.17, 15) is 4.79 Å². The zero-order valence-electron chi connectivity index (χ0n) is 6.61. The molecule has 0 aliphatic carbocycles. The molecule has 10 heavy (non-hydrogen) atoms. The Morgan fingerprint density at radius 3 is 2.70 bits per heavy atom. The number of rotatable bonds is 1. The van der Waals surface area contributed by atoms with E-state index >= 15 is 0 Å². The molecule has 1 heterocycles. The summed E-state index contributed by atoms with van der Waals surface area (Å²) in [5, 5.41) is 2.84. The molecule has 1 aliphatic heterocycles. The van der Waals surface area contributed by atoms with Gasteiger partial charge in [0.2, 0.25) is 5.91 Å². The summed E-state index contributed by atoms with van der Waals surface area (Å²) in [6.07, 6.45) is 0.688. The Morgan fingerprint density at radius 2 is 2.30 bits per heavy atom. The number of carbonyl (C=O) groups is 1. The summed E-state index contributed by atoms with van der Waals surface area (Å²) in [6, 6.07) is 0.626. The van der Waals surface area contributed by atoms with Gasteiger partial charge < -0.3 is 10.2 Å². The van der Waals surface area contributed by atoms with E-state index in [0.29, 0.717) is 12.5 Å². The van der Waals surface area contributed by atoms with Gasteiger partial charge in [-0.15, -0.1) is 0 Å². The van der Waals surface area contributed by atoms with Crippen molar-refractivity contribution in [3.05, 3.63) is 0 Å². The molecule has 0 aromatic carbocycles. The van der Waals surface area contributed by atoms with Crippen LogP contribution in [0.1, 0.15) is 20.3 Å². The normalized spacial score (nSPS) is 26.7. The van der Waals surface area contributed by atoms with E-state index in [2.05, 4.69) is 19.2 Å². The number of nitrogens with one attached hydrogen (secondary N) is 2. The lowest BCUT2D eigenvalue weighted by Gasteiger charge is -2.26. The van der Waals surface area contributed by atoms with Crippen molar-refractivity contribution in [3.8, 4) is 0 Å². The summed E-state index contributed by atoms with van der Waals surface area (Å²) < 4.78 is 0. The molecule has 1 saturated heterocycles. The van der Waals surface area contributed by atoms with Crippen molar-refractivity contribution in [1.29, 1.82) is 0 Å². The maximum absolute atomic E-state index is 10.7. The molecule has 58 valence electrons. The zero-order chi connectivity index (χ0) is 7.56. The molecule has 1 fully saturated rings. The van der Waals surface area contributed by atoms with E-state index in [0.717, 1.165) is 13.2 Å². The third-order valence-corrected chi connectivity index (χ3v) is 2.00. The van der Waals surface area contributed by atoms with Gasteiger partial charge in [0.25, 0.3) is 0 Å². The van der Waals surface area contributed by atoms with Gasteiger partial charge in [-0.1, -0.05) is 0 Å². The molecule has 1 atom stereocenters. The van der Waals surface area contributed by atoms with Crippen molar-refractivity contribution < 1.29 is 9.69 Å². The van der Waals surface area contributed by atoms with Crippen LogP contribution in [-0.2, 0) is 4.79 Å². The molecule has 0 radical (unpaired) electrons. The SMILES string of the molecule is CC(C)[NH+]1CCC(=O)NC1. The van der Waals surface area contributed by atoms with Crippen molar-refractivity contribution in [2.75, 3.05) is 13.2 Å². The highest BCUT2D eigenvalue weighted by Crippen LogP contribution is 1.79. The fourth-order valence-corrected chi connectivity index (χ4v) is 1.16. The largest absolute Gasteiger partial charge is 0.316 e. The Kier molecular flexibility index (Phi) is 2.27. The fraction of sp³-hybridized carbons (Fsp3) is 0.857. The molecule has 2 N–H and O–H groups in total. The number of amides is 1. The molecular weight excluding hydrogens is 128 g/mol. The van der Waals surface area contributed by atoms with Crippen LogP contribution in [0.4, 0.5) is 0 Å². The highest BCUT2D eigenvalue weighted by Gasteiger charge is 2.19. The van der Waals surface area contributed by atoms with E-state index in [1.807, 2.05) is 0 Å². The Morgan fingerprint density at radius 1 is 1.60 bits per heavy atom. The first-order valence-electron chi connectivity index (χ1n) is 3.81. The van der Waals surface area contributed by atoms with Gasteiger partial charge in [-0.2, -0.15) is 0 Å². The number of hydrogen-bond acceptors (Lipinski definition) is 1. The minimum Gasteiger partial charge on any atom is -0.316 e. The summed E-state index contributed by atoms with van der Waals surface area (Å²) in [4.78, 5) is 12.2. The maximum Gasteiger partial charge on any atom is 0.229 e. The molecule has 0 spiro atoms. The molecule has 1 amide bonds. The maximum atomic E-state index is 10.7. The van der Waals surface area contributed by atoms with Gasteiger partial charge in [0.05, 0.1) is 19.0 Å². The van der Waals surface area contributed by atoms with Crippen molar-refractivity contribution in [2.45, 2.75) is 26.3 Å². The molecule has 3 heteroatoms. The smallest absolute Gasteiger partial charge is 0.229 e. The van der Waals surface area contributed by atoms with Crippen LogP contribution in [0.15, 0.2) is 0 Å². The molecule has 1 rings (SSSR count). The summed E-state index contributed by atoms with van der Waals surface area (Å²) in [6.45, 7) is 6.14. The summed E-state index contributed by atoms with van der Waals surface area (Å²) in [5.41, 5.74) is 0. The summed E-state index contributed by atoms with van der Waals surface area (Å²) in [5.74, 6) is 0.199.